The Kier molecular flexibility index (Phi) is 8.06. The van der Waals surface area contributed by atoms with E-state index in [-0.39, 0.29) is 6.04 Å². The summed E-state index contributed by atoms with van der Waals surface area (Å²) >= 11 is 0. The smallest absolute Gasteiger partial charge is 0.408 e. The number of amides is 1. The molecule has 1 N–H and O–H groups in total. The minimum Gasteiger partial charge on any atom is -0.444 e. The normalized spacial score (nSPS) is 14.7. The molecular formula is C23H32NO4P. The number of carbonyl (C=O) groups excluding carboxylic acids is 1. The highest BCUT2D eigenvalue weighted by Gasteiger charge is 2.26. The highest BCUT2D eigenvalue weighted by Crippen LogP contribution is 2.46. The predicted octanol–water partition coefficient (Wildman–Crippen LogP) is 5.65. The van der Waals surface area contributed by atoms with Crippen LogP contribution in [0.1, 0.15) is 58.2 Å². The molecular weight excluding hydrogens is 385 g/mol. The summed E-state index contributed by atoms with van der Waals surface area (Å²) in [5, 5.41) is 3.66. The van der Waals surface area contributed by atoms with Crippen molar-refractivity contribution in [2.45, 2.75) is 52.7 Å². The molecule has 0 radical (unpaired) electrons. The number of carbonyl (C=O) groups is 1. The second-order valence-corrected chi connectivity index (χ2v) is 10.5. The van der Waals surface area contributed by atoms with Crippen LogP contribution in [0, 0.1) is 0 Å². The van der Waals surface area contributed by atoms with Gasteiger partial charge in [0.2, 0.25) is 7.37 Å². The highest BCUT2D eigenvalue weighted by molar-refractivity contribution is 7.67. The monoisotopic (exact) mass is 417 g/mol. The molecule has 1 amide bonds. The topological polar surface area (TPSA) is 64.6 Å². The Morgan fingerprint density at radius 2 is 1.59 bits per heavy atom. The summed E-state index contributed by atoms with van der Waals surface area (Å²) in [5.74, 6) is 0. The molecule has 2 rings (SSSR count). The van der Waals surface area contributed by atoms with E-state index in [2.05, 4.69) is 5.32 Å². The zero-order valence-electron chi connectivity index (χ0n) is 18.0. The molecule has 0 heterocycles. The lowest BCUT2D eigenvalue weighted by Crippen LogP contribution is -2.35. The maximum atomic E-state index is 13.2. The molecule has 5 nitrogen and oxygen atoms in total. The fraction of sp³-hybridized carbons (Fsp3) is 0.435. The molecule has 0 aliphatic heterocycles. The van der Waals surface area contributed by atoms with E-state index in [0.29, 0.717) is 18.1 Å². The van der Waals surface area contributed by atoms with Gasteiger partial charge in [0.1, 0.15) is 5.60 Å². The van der Waals surface area contributed by atoms with E-state index in [1.807, 2.05) is 89.2 Å². The van der Waals surface area contributed by atoms with E-state index in [1.165, 1.54) is 0 Å². The van der Waals surface area contributed by atoms with E-state index >= 15 is 0 Å². The lowest BCUT2D eigenvalue weighted by molar-refractivity contribution is 0.0512. The predicted molar refractivity (Wildman–Crippen MR) is 118 cm³/mol. The SMILES string of the molecule is CCCP(=O)(OCC)c1ccc(C(NC(=O)OC(C)(C)C)c2ccccc2)cc1. The van der Waals surface area contributed by atoms with Crippen molar-refractivity contribution < 1.29 is 18.6 Å². The fourth-order valence-electron chi connectivity index (χ4n) is 3.10. The van der Waals surface area contributed by atoms with Crippen LogP contribution in [0.4, 0.5) is 4.79 Å². The van der Waals surface area contributed by atoms with Gasteiger partial charge in [-0.25, -0.2) is 4.79 Å². The number of benzene rings is 2. The van der Waals surface area contributed by atoms with Gasteiger partial charge >= 0.3 is 6.09 Å². The zero-order valence-corrected chi connectivity index (χ0v) is 18.9. The van der Waals surface area contributed by atoms with Crippen molar-refractivity contribution in [3.8, 4) is 0 Å². The van der Waals surface area contributed by atoms with Gasteiger partial charge in [-0.3, -0.25) is 4.57 Å². The summed E-state index contributed by atoms with van der Waals surface area (Å²) in [7, 11) is -2.86. The minimum absolute atomic E-state index is 0.377. The number of hydrogen-bond acceptors (Lipinski definition) is 4. The van der Waals surface area contributed by atoms with Gasteiger partial charge in [-0.15, -0.1) is 0 Å². The summed E-state index contributed by atoms with van der Waals surface area (Å²) in [5.41, 5.74) is 1.23. The highest BCUT2D eigenvalue weighted by atomic mass is 31.2. The summed E-state index contributed by atoms with van der Waals surface area (Å²) < 4.78 is 24.3. The van der Waals surface area contributed by atoms with E-state index in [4.69, 9.17) is 9.26 Å². The average molecular weight is 417 g/mol. The summed E-state index contributed by atoms with van der Waals surface area (Å²) in [4.78, 5) is 12.4. The molecule has 2 unspecified atom stereocenters. The van der Waals surface area contributed by atoms with E-state index < -0.39 is 19.1 Å². The van der Waals surface area contributed by atoms with Gasteiger partial charge in [-0.2, -0.15) is 0 Å². The second-order valence-electron chi connectivity index (χ2n) is 7.90. The fourth-order valence-corrected chi connectivity index (χ4v) is 5.24. The first-order valence-electron chi connectivity index (χ1n) is 10.1. The van der Waals surface area contributed by atoms with Crippen LogP contribution in [0.5, 0.6) is 0 Å². The Labute approximate surface area is 174 Å². The molecule has 2 aromatic rings. The van der Waals surface area contributed by atoms with Crippen LogP contribution in [0.3, 0.4) is 0 Å². The Morgan fingerprint density at radius 3 is 2.10 bits per heavy atom. The standard InChI is InChI=1S/C23H32NO4P/c1-6-17-29(26,27-7-2)20-15-13-19(14-16-20)21(18-11-9-8-10-12-18)24-22(25)28-23(3,4)5/h8-16,21H,6-7,17H2,1-5H3,(H,24,25). The first kappa shape index (κ1) is 23.2. The molecule has 0 fully saturated rings. The Hall–Kier alpha value is -2.10. The van der Waals surface area contributed by atoms with Crippen molar-refractivity contribution in [1.82, 2.24) is 5.32 Å². The molecule has 0 aromatic heterocycles. The molecule has 0 aliphatic carbocycles. The van der Waals surface area contributed by atoms with Crippen molar-refractivity contribution in [1.29, 1.82) is 0 Å². The third-order valence-electron chi connectivity index (χ3n) is 4.27. The number of nitrogens with one attached hydrogen (secondary N) is 1. The zero-order chi connectivity index (χ0) is 21.5. The third kappa shape index (κ3) is 6.73. The Morgan fingerprint density at radius 1 is 1.00 bits per heavy atom. The van der Waals surface area contributed by atoms with Gasteiger partial charge in [0.05, 0.1) is 12.6 Å². The molecule has 158 valence electrons. The van der Waals surface area contributed by atoms with Gasteiger partial charge in [0, 0.05) is 11.5 Å². The molecule has 2 atom stereocenters. The maximum Gasteiger partial charge on any atom is 0.408 e. The summed E-state index contributed by atoms with van der Waals surface area (Å²) in [6.07, 6.45) is 0.811. The van der Waals surface area contributed by atoms with Crippen LogP contribution in [0.15, 0.2) is 54.6 Å². The van der Waals surface area contributed by atoms with Gasteiger partial charge in [0.15, 0.2) is 0 Å². The quantitative estimate of drug-likeness (QED) is 0.564. The molecule has 6 heteroatoms. The number of hydrogen-bond donors (Lipinski definition) is 1. The largest absolute Gasteiger partial charge is 0.444 e. The lowest BCUT2D eigenvalue weighted by Gasteiger charge is -2.25. The minimum atomic E-state index is -2.86. The summed E-state index contributed by atoms with van der Waals surface area (Å²) in [6.45, 7) is 9.75. The van der Waals surface area contributed by atoms with Gasteiger partial charge in [-0.1, -0.05) is 49.4 Å². The van der Waals surface area contributed by atoms with Crippen molar-refractivity contribution in [2.75, 3.05) is 12.8 Å². The van der Waals surface area contributed by atoms with Gasteiger partial charge < -0.3 is 14.6 Å². The number of alkyl carbamates (subject to hydrolysis) is 1. The van der Waals surface area contributed by atoms with Crippen molar-refractivity contribution in [3.05, 3.63) is 65.7 Å². The Balaban J connectivity index is 2.34. The average Bonchev–Trinajstić information content (AvgIpc) is 2.66. The first-order valence-corrected chi connectivity index (χ1v) is 11.9. The number of ether oxygens (including phenoxy) is 1. The van der Waals surface area contributed by atoms with Crippen molar-refractivity contribution >= 4 is 18.8 Å². The van der Waals surface area contributed by atoms with E-state index in [1.54, 1.807) is 0 Å². The molecule has 0 saturated carbocycles. The molecule has 0 saturated heterocycles. The van der Waals surface area contributed by atoms with Crippen LogP contribution < -0.4 is 10.6 Å². The van der Waals surface area contributed by atoms with Gasteiger partial charge in [-0.05, 0) is 57.4 Å². The molecule has 0 bridgehead atoms. The molecule has 0 spiro atoms. The maximum absolute atomic E-state index is 13.2. The first-order chi connectivity index (χ1) is 13.7. The molecule has 0 aliphatic rings. The van der Waals surface area contributed by atoms with E-state index in [9.17, 15) is 9.36 Å². The van der Waals surface area contributed by atoms with Crippen molar-refractivity contribution in [2.24, 2.45) is 0 Å². The lowest BCUT2D eigenvalue weighted by atomic mass is 9.99. The molecule has 2 aromatic carbocycles. The third-order valence-corrected chi connectivity index (χ3v) is 7.07. The van der Waals surface area contributed by atoms with Crippen LogP contribution >= 0.6 is 7.37 Å². The summed E-state index contributed by atoms with van der Waals surface area (Å²) in [6, 6.07) is 16.8. The van der Waals surface area contributed by atoms with Crippen LogP contribution in [0.25, 0.3) is 0 Å². The van der Waals surface area contributed by atoms with Crippen LogP contribution in [0.2, 0.25) is 0 Å². The van der Waals surface area contributed by atoms with Crippen LogP contribution in [-0.4, -0.2) is 24.5 Å². The van der Waals surface area contributed by atoms with Gasteiger partial charge in [0.25, 0.3) is 0 Å². The van der Waals surface area contributed by atoms with Crippen LogP contribution in [-0.2, 0) is 13.8 Å². The Bertz CT molecular complexity index is 818. The van der Waals surface area contributed by atoms with Crippen molar-refractivity contribution in [3.63, 3.8) is 0 Å². The van der Waals surface area contributed by atoms with E-state index in [0.717, 1.165) is 17.5 Å². The second kappa shape index (κ2) is 10.1. The number of rotatable bonds is 8. The molecule has 29 heavy (non-hydrogen) atoms.